The average molecular weight is 389 g/mol. The van der Waals surface area contributed by atoms with Crippen molar-refractivity contribution in [3.63, 3.8) is 0 Å². The monoisotopic (exact) mass is 389 g/mol. The number of hydrogen-bond acceptors (Lipinski definition) is 5. The first-order valence-electron chi connectivity index (χ1n) is 9.77. The van der Waals surface area contributed by atoms with E-state index in [1.54, 1.807) is 17.9 Å². The van der Waals surface area contributed by atoms with E-state index in [1.807, 2.05) is 49.4 Å². The van der Waals surface area contributed by atoms with Crippen LogP contribution in [-0.4, -0.2) is 30.9 Å². The Morgan fingerprint density at radius 2 is 1.83 bits per heavy atom. The maximum Gasteiger partial charge on any atom is 0.281 e. The van der Waals surface area contributed by atoms with Crippen LogP contribution >= 0.6 is 0 Å². The van der Waals surface area contributed by atoms with Gasteiger partial charge in [-0.15, -0.1) is 0 Å². The summed E-state index contributed by atoms with van der Waals surface area (Å²) in [5, 5.41) is 4.58. The maximum atomic E-state index is 13.2. The normalized spacial score (nSPS) is 11.1. The molecule has 0 amide bonds. The van der Waals surface area contributed by atoms with Crippen LogP contribution in [0.1, 0.15) is 26.0 Å². The van der Waals surface area contributed by atoms with Crippen LogP contribution < -0.4 is 10.3 Å². The quantitative estimate of drug-likeness (QED) is 0.504. The molecular formula is C22H23N5O2. The summed E-state index contributed by atoms with van der Waals surface area (Å²) in [6.45, 7) is 4.56. The molecule has 4 aromatic rings. The third-order valence-corrected chi connectivity index (χ3v) is 4.78. The molecule has 3 aromatic heterocycles. The number of fused-ring (bicyclic) bond motifs is 1. The summed E-state index contributed by atoms with van der Waals surface area (Å²) in [6, 6.07) is 13.3. The molecule has 0 saturated carbocycles. The summed E-state index contributed by atoms with van der Waals surface area (Å²) in [5.74, 6) is 1.93. The second kappa shape index (κ2) is 7.87. The molecule has 0 unspecified atom stereocenters. The van der Waals surface area contributed by atoms with E-state index in [0.29, 0.717) is 35.0 Å². The lowest BCUT2D eigenvalue weighted by molar-refractivity contribution is 0.341. The van der Waals surface area contributed by atoms with Crippen molar-refractivity contribution in [2.24, 2.45) is 7.05 Å². The zero-order valence-electron chi connectivity index (χ0n) is 16.8. The highest BCUT2D eigenvalue weighted by molar-refractivity contribution is 5.80. The Bertz CT molecular complexity index is 1210. The number of benzene rings is 1. The molecule has 0 atom stereocenters. The molecule has 4 rings (SSSR count). The predicted octanol–water partition coefficient (Wildman–Crippen LogP) is 3.53. The van der Waals surface area contributed by atoms with Crippen LogP contribution in [-0.2, 0) is 13.5 Å². The lowest BCUT2D eigenvalue weighted by Gasteiger charge is -2.12. The van der Waals surface area contributed by atoms with E-state index in [-0.39, 0.29) is 5.56 Å². The summed E-state index contributed by atoms with van der Waals surface area (Å²) >= 11 is 0. The van der Waals surface area contributed by atoms with Crippen molar-refractivity contribution in [1.29, 1.82) is 0 Å². The minimum absolute atomic E-state index is 0.191. The van der Waals surface area contributed by atoms with Crippen LogP contribution in [0.5, 0.6) is 5.75 Å². The maximum absolute atomic E-state index is 13.2. The van der Waals surface area contributed by atoms with Crippen molar-refractivity contribution in [3.8, 4) is 23.0 Å². The van der Waals surface area contributed by atoms with Gasteiger partial charge in [0, 0.05) is 13.2 Å². The van der Waals surface area contributed by atoms with Crippen molar-refractivity contribution in [1.82, 2.24) is 24.3 Å². The van der Waals surface area contributed by atoms with Gasteiger partial charge in [-0.3, -0.25) is 9.36 Å². The van der Waals surface area contributed by atoms with Gasteiger partial charge in [-0.1, -0.05) is 31.5 Å². The molecule has 0 fully saturated rings. The number of aromatic nitrogens is 5. The molecule has 3 heterocycles. The van der Waals surface area contributed by atoms with Crippen molar-refractivity contribution in [2.45, 2.75) is 26.7 Å². The largest absolute Gasteiger partial charge is 0.493 e. The molecule has 7 heteroatoms. The van der Waals surface area contributed by atoms with Crippen LogP contribution in [0.3, 0.4) is 0 Å². The molecule has 0 bridgehead atoms. The SMILES string of the molecule is CCCc1c2nc(-c3ccccc3OCC)n(C)c(=O)c2nn1-c1ccccn1. The van der Waals surface area contributed by atoms with E-state index in [0.717, 1.165) is 24.1 Å². The van der Waals surface area contributed by atoms with Gasteiger partial charge in [-0.25, -0.2) is 14.6 Å². The molecule has 148 valence electrons. The molecular weight excluding hydrogens is 366 g/mol. The highest BCUT2D eigenvalue weighted by Gasteiger charge is 2.21. The van der Waals surface area contributed by atoms with E-state index in [4.69, 9.17) is 9.72 Å². The molecule has 0 saturated heterocycles. The summed E-state index contributed by atoms with van der Waals surface area (Å²) < 4.78 is 9.03. The average Bonchev–Trinajstić information content (AvgIpc) is 3.11. The Morgan fingerprint density at radius 1 is 1.03 bits per heavy atom. The molecule has 0 spiro atoms. The zero-order chi connectivity index (χ0) is 20.4. The molecule has 0 aliphatic rings. The third kappa shape index (κ3) is 3.29. The molecule has 0 radical (unpaired) electrons. The van der Waals surface area contributed by atoms with Gasteiger partial charge in [0.05, 0.1) is 17.9 Å². The van der Waals surface area contributed by atoms with Gasteiger partial charge in [-0.2, -0.15) is 5.10 Å². The van der Waals surface area contributed by atoms with Gasteiger partial charge in [0.25, 0.3) is 5.56 Å². The summed E-state index contributed by atoms with van der Waals surface area (Å²) in [5.41, 5.74) is 2.43. The Morgan fingerprint density at radius 3 is 2.55 bits per heavy atom. The Labute approximate surface area is 168 Å². The fraction of sp³-hybridized carbons (Fsp3) is 0.273. The second-order valence-electron chi connectivity index (χ2n) is 6.72. The van der Waals surface area contributed by atoms with Crippen molar-refractivity contribution in [2.75, 3.05) is 6.61 Å². The number of rotatable bonds is 6. The summed E-state index contributed by atoms with van der Waals surface area (Å²) in [7, 11) is 1.71. The predicted molar refractivity (Wildman–Crippen MR) is 113 cm³/mol. The topological polar surface area (TPSA) is 74.8 Å². The van der Waals surface area contributed by atoms with E-state index < -0.39 is 0 Å². The first-order valence-corrected chi connectivity index (χ1v) is 9.77. The lowest BCUT2D eigenvalue weighted by Crippen LogP contribution is -2.20. The van der Waals surface area contributed by atoms with Crippen molar-refractivity contribution < 1.29 is 4.74 Å². The van der Waals surface area contributed by atoms with Crippen LogP contribution in [0.2, 0.25) is 0 Å². The van der Waals surface area contributed by atoms with Gasteiger partial charge in [0.2, 0.25) is 0 Å². The number of hydrogen-bond donors (Lipinski definition) is 0. The first kappa shape index (κ1) is 18.9. The van der Waals surface area contributed by atoms with Crippen molar-refractivity contribution in [3.05, 3.63) is 64.7 Å². The second-order valence-corrected chi connectivity index (χ2v) is 6.72. The minimum Gasteiger partial charge on any atom is -0.493 e. The molecule has 0 N–H and O–H groups in total. The lowest BCUT2D eigenvalue weighted by atomic mass is 10.1. The van der Waals surface area contributed by atoms with Gasteiger partial charge < -0.3 is 4.74 Å². The highest BCUT2D eigenvalue weighted by Crippen LogP contribution is 2.29. The van der Waals surface area contributed by atoms with Crippen LogP contribution in [0.4, 0.5) is 0 Å². The minimum atomic E-state index is -0.191. The zero-order valence-corrected chi connectivity index (χ0v) is 16.8. The van der Waals surface area contributed by atoms with Crippen molar-refractivity contribution >= 4 is 11.0 Å². The number of pyridine rings is 1. The fourth-order valence-electron chi connectivity index (χ4n) is 3.45. The van der Waals surface area contributed by atoms with E-state index in [1.165, 1.54) is 4.57 Å². The van der Waals surface area contributed by atoms with E-state index >= 15 is 0 Å². The number of aryl methyl sites for hydroxylation is 1. The fourth-order valence-corrected chi connectivity index (χ4v) is 3.45. The van der Waals surface area contributed by atoms with Gasteiger partial charge in [-0.05, 0) is 37.6 Å². The Balaban J connectivity index is 2.02. The van der Waals surface area contributed by atoms with Gasteiger partial charge in [0.1, 0.15) is 17.1 Å². The molecule has 0 aliphatic heterocycles. The smallest absolute Gasteiger partial charge is 0.281 e. The molecule has 0 aliphatic carbocycles. The van der Waals surface area contributed by atoms with Crippen LogP contribution in [0.15, 0.2) is 53.5 Å². The summed E-state index contributed by atoms with van der Waals surface area (Å²) in [6.07, 6.45) is 3.35. The molecule has 1 aromatic carbocycles. The van der Waals surface area contributed by atoms with Gasteiger partial charge >= 0.3 is 0 Å². The number of ether oxygens (including phenoxy) is 1. The number of para-hydroxylation sites is 1. The Hall–Kier alpha value is -3.48. The Kier molecular flexibility index (Phi) is 5.12. The van der Waals surface area contributed by atoms with E-state index in [2.05, 4.69) is 17.0 Å². The standard InChI is InChI=1S/C22H23N5O2/c1-4-10-16-19-20(25-27(16)18-13-8-9-14-23-18)22(28)26(3)21(24-19)15-11-6-7-12-17(15)29-5-2/h6-9,11-14H,4-5,10H2,1-3H3. The van der Waals surface area contributed by atoms with Crippen LogP contribution in [0.25, 0.3) is 28.2 Å². The highest BCUT2D eigenvalue weighted by atomic mass is 16.5. The molecule has 29 heavy (non-hydrogen) atoms. The first-order chi connectivity index (χ1) is 14.2. The summed E-state index contributed by atoms with van der Waals surface area (Å²) in [4.78, 5) is 22.5. The van der Waals surface area contributed by atoms with Crippen LogP contribution in [0, 0.1) is 0 Å². The van der Waals surface area contributed by atoms with E-state index in [9.17, 15) is 4.79 Å². The number of nitrogens with zero attached hydrogens (tertiary/aromatic N) is 5. The van der Waals surface area contributed by atoms with Gasteiger partial charge in [0.15, 0.2) is 11.3 Å². The molecule has 7 nitrogen and oxygen atoms in total. The third-order valence-electron chi connectivity index (χ3n) is 4.78.